The standard InChI is InChI=1S/C23H24N4O5/c1-4-32-23(29)21(24-22(28)18-11-8-12-19(13-18)27(30)31)20-15(2)25-26(16(20)3)14-17-9-6-5-7-10-17/h5-13,21H,4,14H2,1-3H3,(H,24,28). The molecule has 9 heteroatoms. The van der Waals surface area contributed by atoms with Crippen LogP contribution in [-0.2, 0) is 16.1 Å². The van der Waals surface area contributed by atoms with Gasteiger partial charge in [-0.15, -0.1) is 0 Å². The third-order valence-corrected chi connectivity index (χ3v) is 5.02. The quantitative estimate of drug-likeness (QED) is 0.328. The Labute approximate surface area is 185 Å². The minimum Gasteiger partial charge on any atom is -0.464 e. The van der Waals surface area contributed by atoms with Crippen LogP contribution >= 0.6 is 0 Å². The van der Waals surface area contributed by atoms with Crippen molar-refractivity contribution in [2.45, 2.75) is 33.4 Å². The number of nitro benzene ring substituents is 1. The van der Waals surface area contributed by atoms with Gasteiger partial charge in [0.05, 0.1) is 23.8 Å². The molecule has 0 saturated carbocycles. The number of amides is 1. The van der Waals surface area contributed by atoms with Crippen molar-refractivity contribution < 1.29 is 19.2 Å². The summed E-state index contributed by atoms with van der Waals surface area (Å²) < 4.78 is 6.97. The molecule has 9 nitrogen and oxygen atoms in total. The van der Waals surface area contributed by atoms with E-state index in [-0.39, 0.29) is 17.9 Å². The van der Waals surface area contributed by atoms with Crippen molar-refractivity contribution in [1.29, 1.82) is 0 Å². The predicted molar refractivity (Wildman–Crippen MR) is 117 cm³/mol. The van der Waals surface area contributed by atoms with Crippen LogP contribution in [0.2, 0.25) is 0 Å². The molecule has 3 rings (SSSR count). The van der Waals surface area contributed by atoms with Crippen LogP contribution in [0.3, 0.4) is 0 Å². The Morgan fingerprint density at radius 3 is 2.53 bits per heavy atom. The molecule has 1 aromatic heterocycles. The molecule has 0 aliphatic heterocycles. The van der Waals surface area contributed by atoms with Crippen LogP contribution in [0.1, 0.15) is 45.8 Å². The maximum absolute atomic E-state index is 12.9. The summed E-state index contributed by atoms with van der Waals surface area (Å²) in [5.41, 5.74) is 2.73. The highest BCUT2D eigenvalue weighted by Crippen LogP contribution is 2.25. The Morgan fingerprint density at radius 2 is 1.88 bits per heavy atom. The van der Waals surface area contributed by atoms with Gasteiger partial charge in [-0.1, -0.05) is 36.4 Å². The minimum atomic E-state index is -1.11. The summed E-state index contributed by atoms with van der Waals surface area (Å²) in [5, 5.41) is 18.3. The van der Waals surface area contributed by atoms with Crippen molar-refractivity contribution >= 4 is 17.6 Å². The van der Waals surface area contributed by atoms with E-state index in [2.05, 4.69) is 10.4 Å². The molecule has 1 unspecified atom stereocenters. The summed E-state index contributed by atoms with van der Waals surface area (Å²) in [6.45, 7) is 5.90. The van der Waals surface area contributed by atoms with Crippen LogP contribution in [0.15, 0.2) is 54.6 Å². The van der Waals surface area contributed by atoms with Crippen LogP contribution in [0.5, 0.6) is 0 Å². The molecule has 3 aromatic rings. The van der Waals surface area contributed by atoms with Gasteiger partial charge in [-0.3, -0.25) is 19.6 Å². The number of nitrogens with zero attached hydrogens (tertiary/aromatic N) is 3. The van der Waals surface area contributed by atoms with Gasteiger partial charge in [-0.05, 0) is 32.4 Å². The number of esters is 1. The van der Waals surface area contributed by atoms with Gasteiger partial charge in [0.2, 0.25) is 0 Å². The first kappa shape index (κ1) is 22.7. The predicted octanol–water partition coefficient (Wildman–Crippen LogP) is 3.49. The fourth-order valence-electron chi connectivity index (χ4n) is 3.49. The van der Waals surface area contributed by atoms with E-state index in [1.54, 1.807) is 18.5 Å². The number of benzene rings is 2. The van der Waals surface area contributed by atoms with Crippen LogP contribution < -0.4 is 5.32 Å². The largest absolute Gasteiger partial charge is 0.464 e. The average molecular weight is 436 g/mol. The van der Waals surface area contributed by atoms with Crippen molar-refractivity contribution in [2.24, 2.45) is 0 Å². The van der Waals surface area contributed by atoms with Gasteiger partial charge < -0.3 is 10.1 Å². The zero-order valence-corrected chi connectivity index (χ0v) is 18.1. The first-order valence-electron chi connectivity index (χ1n) is 10.1. The maximum Gasteiger partial charge on any atom is 0.333 e. The number of nitrogens with one attached hydrogen (secondary N) is 1. The van der Waals surface area contributed by atoms with Gasteiger partial charge in [-0.25, -0.2) is 4.79 Å². The lowest BCUT2D eigenvalue weighted by atomic mass is 10.0. The highest BCUT2D eigenvalue weighted by molar-refractivity contribution is 5.97. The molecule has 0 aliphatic rings. The Hall–Kier alpha value is -4.01. The normalized spacial score (nSPS) is 11.6. The van der Waals surface area contributed by atoms with Crippen LogP contribution in [0.25, 0.3) is 0 Å². The van der Waals surface area contributed by atoms with Gasteiger partial charge in [0.15, 0.2) is 6.04 Å². The zero-order chi connectivity index (χ0) is 23.3. The highest BCUT2D eigenvalue weighted by atomic mass is 16.6. The molecule has 0 fully saturated rings. The molecule has 166 valence electrons. The second-order valence-corrected chi connectivity index (χ2v) is 7.19. The van der Waals surface area contributed by atoms with Crippen molar-refractivity contribution in [2.75, 3.05) is 6.61 Å². The van der Waals surface area contributed by atoms with Gasteiger partial charge in [-0.2, -0.15) is 5.10 Å². The van der Waals surface area contributed by atoms with Gasteiger partial charge in [0.25, 0.3) is 11.6 Å². The molecule has 32 heavy (non-hydrogen) atoms. The van der Waals surface area contributed by atoms with E-state index >= 15 is 0 Å². The van der Waals surface area contributed by atoms with E-state index in [9.17, 15) is 19.7 Å². The Balaban J connectivity index is 1.94. The number of carbonyl (C=O) groups is 2. The summed E-state index contributed by atoms with van der Waals surface area (Å²) in [5.74, 6) is -1.25. The lowest BCUT2D eigenvalue weighted by Gasteiger charge is -2.18. The number of aryl methyl sites for hydroxylation is 1. The van der Waals surface area contributed by atoms with Crippen LogP contribution in [0.4, 0.5) is 5.69 Å². The van der Waals surface area contributed by atoms with E-state index in [1.165, 1.54) is 18.2 Å². The van der Waals surface area contributed by atoms with Crippen LogP contribution in [-0.4, -0.2) is 33.2 Å². The molecule has 1 atom stereocenters. The topological polar surface area (TPSA) is 116 Å². The molecule has 0 aliphatic carbocycles. The summed E-state index contributed by atoms with van der Waals surface area (Å²) in [4.78, 5) is 36.1. The number of non-ortho nitro benzene ring substituents is 1. The van der Waals surface area contributed by atoms with E-state index in [0.717, 1.165) is 11.6 Å². The molecule has 1 N–H and O–H groups in total. The number of hydrogen-bond donors (Lipinski definition) is 1. The molecule has 0 bridgehead atoms. The Kier molecular flexibility index (Phi) is 6.99. The highest BCUT2D eigenvalue weighted by Gasteiger charge is 2.30. The molecular formula is C23H24N4O5. The van der Waals surface area contributed by atoms with Gasteiger partial charge >= 0.3 is 5.97 Å². The fourth-order valence-corrected chi connectivity index (χ4v) is 3.49. The van der Waals surface area contributed by atoms with Gasteiger partial charge in [0, 0.05) is 29.0 Å². The number of nitro groups is 1. The Bertz CT molecular complexity index is 1140. The molecule has 0 saturated heterocycles. The molecule has 0 spiro atoms. The van der Waals surface area contributed by atoms with Crippen molar-refractivity contribution in [3.8, 4) is 0 Å². The maximum atomic E-state index is 12.9. The van der Waals surface area contributed by atoms with Crippen molar-refractivity contribution in [1.82, 2.24) is 15.1 Å². The number of carbonyl (C=O) groups excluding carboxylic acids is 2. The third-order valence-electron chi connectivity index (χ3n) is 5.02. The number of aromatic nitrogens is 2. The number of ether oxygens (including phenoxy) is 1. The molecule has 0 radical (unpaired) electrons. The molecule has 2 aromatic carbocycles. The number of hydrogen-bond acceptors (Lipinski definition) is 6. The second kappa shape index (κ2) is 9.86. The minimum absolute atomic E-state index is 0.0699. The average Bonchev–Trinajstić information content (AvgIpc) is 3.05. The summed E-state index contributed by atoms with van der Waals surface area (Å²) in [7, 11) is 0. The summed E-state index contributed by atoms with van der Waals surface area (Å²) in [6.07, 6.45) is 0. The monoisotopic (exact) mass is 436 g/mol. The van der Waals surface area contributed by atoms with E-state index < -0.39 is 22.8 Å². The van der Waals surface area contributed by atoms with E-state index in [4.69, 9.17) is 4.74 Å². The lowest BCUT2D eigenvalue weighted by molar-refractivity contribution is -0.384. The molecule has 1 heterocycles. The summed E-state index contributed by atoms with van der Waals surface area (Å²) >= 11 is 0. The second-order valence-electron chi connectivity index (χ2n) is 7.19. The van der Waals surface area contributed by atoms with E-state index in [0.29, 0.717) is 23.5 Å². The van der Waals surface area contributed by atoms with Gasteiger partial charge in [0.1, 0.15) is 0 Å². The first-order chi connectivity index (χ1) is 15.3. The molecular weight excluding hydrogens is 412 g/mol. The smallest absolute Gasteiger partial charge is 0.333 e. The zero-order valence-electron chi connectivity index (χ0n) is 18.1. The number of rotatable bonds is 8. The van der Waals surface area contributed by atoms with Crippen molar-refractivity contribution in [3.05, 3.63) is 92.8 Å². The third kappa shape index (κ3) is 5.00. The SMILES string of the molecule is CCOC(=O)C(NC(=O)c1cccc([N+](=O)[O-])c1)c1c(C)nn(Cc2ccccc2)c1C. The summed E-state index contributed by atoms with van der Waals surface area (Å²) in [6, 6.07) is 14.0. The van der Waals surface area contributed by atoms with Crippen LogP contribution in [0, 0.1) is 24.0 Å². The van der Waals surface area contributed by atoms with Crippen molar-refractivity contribution in [3.63, 3.8) is 0 Å². The first-order valence-corrected chi connectivity index (χ1v) is 10.1. The molecule has 1 amide bonds. The fraction of sp³-hybridized carbons (Fsp3) is 0.261. The lowest BCUT2D eigenvalue weighted by Crippen LogP contribution is -2.35. The van der Waals surface area contributed by atoms with E-state index in [1.807, 2.05) is 37.3 Å². The Morgan fingerprint density at radius 1 is 1.16 bits per heavy atom.